The minimum atomic E-state index is -0.113. The third kappa shape index (κ3) is 3.33. The summed E-state index contributed by atoms with van der Waals surface area (Å²) < 4.78 is 4.94. The molecule has 1 rings (SSSR count). The molecule has 0 aliphatic carbocycles. The molecule has 0 aliphatic heterocycles. The number of aromatic nitrogens is 1. The molecule has 0 saturated carbocycles. The van der Waals surface area contributed by atoms with Crippen molar-refractivity contribution in [2.45, 2.75) is 6.92 Å². The van der Waals surface area contributed by atoms with Gasteiger partial charge in [-0.1, -0.05) is 11.3 Å². The fourth-order valence-corrected chi connectivity index (χ4v) is 2.28. The highest BCUT2D eigenvalue weighted by Gasteiger charge is 2.20. The first kappa shape index (κ1) is 14.7. The molecule has 0 aromatic carbocycles. The van der Waals surface area contributed by atoms with Crippen molar-refractivity contribution in [3.8, 4) is 0 Å². The zero-order valence-electron chi connectivity index (χ0n) is 11.3. The van der Waals surface area contributed by atoms with Crippen LogP contribution in [0.1, 0.15) is 16.6 Å². The van der Waals surface area contributed by atoms with Gasteiger partial charge in [-0.25, -0.2) is 4.98 Å². The fourth-order valence-electron chi connectivity index (χ4n) is 1.28. The van der Waals surface area contributed by atoms with E-state index in [0.717, 1.165) is 11.7 Å². The Morgan fingerprint density at radius 1 is 1.50 bits per heavy atom. The predicted octanol–water partition coefficient (Wildman–Crippen LogP) is 0.900. The number of thiazole rings is 1. The molecule has 1 heterocycles. The van der Waals surface area contributed by atoms with Crippen LogP contribution in [0.2, 0.25) is 0 Å². The van der Waals surface area contributed by atoms with E-state index in [1.165, 1.54) is 11.3 Å². The van der Waals surface area contributed by atoms with Crippen molar-refractivity contribution >= 4 is 28.2 Å². The number of carbonyl (C=O) groups excluding carboxylic acids is 1. The van der Waals surface area contributed by atoms with Gasteiger partial charge in [0, 0.05) is 34.3 Å². The van der Waals surface area contributed by atoms with Crippen molar-refractivity contribution in [1.29, 1.82) is 0 Å². The Morgan fingerprint density at radius 2 is 2.17 bits per heavy atom. The summed E-state index contributed by atoms with van der Waals surface area (Å²) in [5.74, 6) is 0.183. The zero-order valence-corrected chi connectivity index (χ0v) is 12.1. The number of nitrogens with two attached hydrogens (primary N) is 1. The Kier molecular flexibility index (Phi) is 5.36. The van der Waals surface area contributed by atoms with Crippen LogP contribution in [0.25, 0.3) is 0 Å². The van der Waals surface area contributed by atoms with Gasteiger partial charge in [0.25, 0.3) is 5.91 Å². The molecule has 1 aromatic rings. The van der Waals surface area contributed by atoms with Crippen LogP contribution in [-0.4, -0.2) is 56.7 Å². The van der Waals surface area contributed by atoms with Crippen LogP contribution in [0.5, 0.6) is 0 Å². The third-order valence-electron chi connectivity index (χ3n) is 2.61. The molecule has 18 heavy (non-hydrogen) atoms. The van der Waals surface area contributed by atoms with Crippen LogP contribution >= 0.6 is 11.3 Å². The number of hydrogen-bond donors (Lipinski definition) is 1. The van der Waals surface area contributed by atoms with Crippen LogP contribution in [0, 0.1) is 0 Å². The van der Waals surface area contributed by atoms with Gasteiger partial charge in [-0.3, -0.25) is 4.79 Å². The summed E-state index contributed by atoms with van der Waals surface area (Å²) >= 11 is 1.32. The Hall–Kier alpha value is -1.34. The van der Waals surface area contributed by atoms with Gasteiger partial charge >= 0.3 is 0 Å². The molecular formula is C11H20N4O2S. The lowest BCUT2D eigenvalue weighted by Crippen LogP contribution is -2.29. The molecule has 2 N–H and O–H groups in total. The number of ether oxygens (including phenoxy) is 1. The number of carbonyl (C=O) groups is 1. The van der Waals surface area contributed by atoms with E-state index in [-0.39, 0.29) is 5.91 Å². The maximum Gasteiger partial charge on any atom is 0.267 e. The third-order valence-corrected chi connectivity index (χ3v) is 3.79. The molecule has 0 bridgehead atoms. The number of likely N-dealkylation sites (N-methyl/N-ethyl adjacent to an activating group) is 1. The van der Waals surface area contributed by atoms with Gasteiger partial charge in [0.1, 0.15) is 10.7 Å². The van der Waals surface area contributed by atoms with E-state index in [1.54, 1.807) is 19.1 Å². The second-order valence-electron chi connectivity index (χ2n) is 3.94. The summed E-state index contributed by atoms with van der Waals surface area (Å²) in [6, 6.07) is 0. The number of hydrogen-bond acceptors (Lipinski definition) is 6. The first-order chi connectivity index (χ1) is 8.51. The topological polar surface area (TPSA) is 71.7 Å². The number of nitrogens with zero attached hydrogens (tertiary/aromatic N) is 3. The van der Waals surface area contributed by atoms with Crippen LogP contribution in [-0.2, 0) is 4.74 Å². The van der Waals surface area contributed by atoms with E-state index in [1.807, 2.05) is 18.9 Å². The summed E-state index contributed by atoms with van der Waals surface area (Å²) in [5, 5.41) is 0.762. The minimum Gasteiger partial charge on any atom is -0.383 e. The SMILES string of the molecule is CCN(C)c1nc(N)c(C(=O)N(C)CCOC)s1. The fraction of sp³-hybridized carbons (Fsp3) is 0.636. The summed E-state index contributed by atoms with van der Waals surface area (Å²) in [6.45, 7) is 3.87. The zero-order chi connectivity index (χ0) is 13.7. The summed E-state index contributed by atoms with van der Waals surface area (Å²) in [5.41, 5.74) is 5.80. The van der Waals surface area contributed by atoms with Crippen LogP contribution < -0.4 is 10.6 Å². The van der Waals surface area contributed by atoms with E-state index in [0.29, 0.717) is 23.8 Å². The highest BCUT2D eigenvalue weighted by molar-refractivity contribution is 7.18. The lowest BCUT2D eigenvalue weighted by atomic mass is 10.4. The van der Waals surface area contributed by atoms with Crippen molar-refractivity contribution in [1.82, 2.24) is 9.88 Å². The lowest BCUT2D eigenvalue weighted by molar-refractivity contribution is 0.0749. The first-order valence-electron chi connectivity index (χ1n) is 5.73. The largest absolute Gasteiger partial charge is 0.383 e. The van der Waals surface area contributed by atoms with Crippen molar-refractivity contribution in [2.24, 2.45) is 0 Å². The molecule has 7 heteroatoms. The van der Waals surface area contributed by atoms with Crippen molar-refractivity contribution in [3.05, 3.63) is 4.88 Å². The molecule has 0 aliphatic rings. The average Bonchev–Trinajstić information content (AvgIpc) is 2.76. The highest BCUT2D eigenvalue weighted by Crippen LogP contribution is 2.28. The van der Waals surface area contributed by atoms with E-state index in [2.05, 4.69) is 4.98 Å². The molecule has 102 valence electrons. The smallest absolute Gasteiger partial charge is 0.267 e. The quantitative estimate of drug-likeness (QED) is 0.833. The molecular weight excluding hydrogens is 252 g/mol. The Balaban J connectivity index is 2.82. The Morgan fingerprint density at radius 3 is 2.72 bits per heavy atom. The second-order valence-corrected chi connectivity index (χ2v) is 4.92. The maximum absolute atomic E-state index is 12.1. The van der Waals surface area contributed by atoms with Gasteiger partial charge in [-0.05, 0) is 6.92 Å². The van der Waals surface area contributed by atoms with Crippen LogP contribution in [0.3, 0.4) is 0 Å². The van der Waals surface area contributed by atoms with Gasteiger partial charge in [-0.15, -0.1) is 0 Å². The maximum atomic E-state index is 12.1. The van der Waals surface area contributed by atoms with Crippen molar-refractivity contribution in [3.63, 3.8) is 0 Å². The van der Waals surface area contributed by atoms with E-state index in [4.69, 9.17) is 10.5 Å². The van der Waals surface area contributed by atoms with Crippen molar-refractivity contribution < 1.29 is 9.53 Å². The lowest BCUT2D eigenvalue weighted by Gasteiger charge is -2.15. The van der Waals surface area contributed by atoms with Gasteiger partial charge < -0.3 is 20.3 Å². The van der Waals surface area contributed by atoms with E-state index >= 15 is 0 Å². The summed E-state index contributed by atoms with van der Waals surface area (Å²) in [6.07, 6.45) is 0. The predicted molar refractivity (Wildman–Crippen MR) is 74.3 cm³/mol. The summed E-state index contributed by atoms with van der Waals surface area (Å²) in [7, 11) is 5.25. The van der Waals surface area contributed by atoms with Crippen molar-refractivity contribution in [2.75, 3.05) is 51.5 Å². The molecule has 0 radical (unpaired) electrons. The molecule has 6 nitrogen and oxygen atoms in total. The molecule has 0 unspecified atom stereocenters. The first-order valence-corrected chi connectivity index (χ1v) is 6.54. The standard InChI is InChI=1S/C11H20N4O2S/c1-5-14(2)11-13-9(12)8(18-11)10(16)15(3)6-7-17-4/h5-7,12H2,1-4H3. The average molecular weight is 272 g/mol. The van der Waals surface area contributed by atoms with E-state index < -0.39 is 0 Å². The number of nitrogen functional groups attached to an aromatic ring is 1. The van der Waals surface area contributed by atoms with Crippen LogP contribution in [0.4, 0.5) is 10.9 Å². The van der Waals surface area contributed by atoms with E-state index in [9.17, 15) is 4.79 Å². The summed E-state index contributed by atoms with van der Waals surface area (Å²) in [4.78, 5) is 20.4. The van der Waals surface area contributed by atoms with Gasteiger partial charge in [-0.2, -0.15) is 0 Å². The normalized spacial score (nSPS) is 10.4. The minimum absolute atomic E-state index is 0.113. The van der Waals surface area contributed by atoms with Gasteiger partial charge in [0.05, 0.1) is 6.61 Å². The van der Waals surface area contributed by atoms with Gasteiger partial charge in [0.15, 0.2) is 5.13 Å². The van der Waals surface area contributed by atoms with Crippen LogP contribution in [0.15, 0.2) is 0 Å². The number of methoxy groups -OCH3 is 1. The Bertz CT molecular complexity index is 408. The van der Waals surface area contributed by atoms with Gasteiger partial charge in [0.2, 0.25) is 0 Å². The molecule has 0 saturated heterocycles. The molecule has 0 atom stereocenters. The second kappa shape index (κ2) is 6.55. The monoisotopic (exact) mass is 272 g/mol. The molecule has 0 fully saturated rings. The molecule has 0 spiro atoms. The molecule has 1 aromatic heterocycles. The Labute approximate surface area is 111 Å². The number of amides is 1. The number of anilines is 2. The molecule has 1 amide bonds. The highest BCUT2D eigenvalue weighted by atomic mass is 32.1. The number of rotatable bonds is 6.